The molecular weight excluding hydrogens is 168 g/mol. The van der Waals surface area contributed by atoms with Crippen molar-refractivity contribution in [3.8, 4) is 0 Å². The molecule has 0 N–H and O–H groups in total. The molecule has 0 aliphatic heterocycles. The molecule has 0 spiro atoms. The van der Waals surface area contributed by atoms with Gasteiger partial charge in [-0.2, -0.15) is 0 Å². The van der Waals surface area contributed by atoms with E-state index in [-0.39, 0.29) is 0 Å². The molecule has 1 nitrogen and oxygen atoms in total. The Bertz CT molecular complexity index is 277. The van der Waals surface area contributed by atoms with Crippen molar-refractivity contribution in [3.05, 3.63) is 42.0 Å². The first-order valence-corrected chi connectivity index (χ1v) is 4.86. The zero-order valence-corrected chi connectivity index (χ0v) is 7.67. The van der Waals surface area contributed by atoms with Crippen molar-refractivity contribution in [1.29, 1.82) is 0 Å². The number of benzene rings is 1. The summed E-state index contributed by atoms with van der Waals surface area (Å²) in [5, 5.41) is 0. The summed E-state index contributed by atoms with van der Waals surface area (Å²) in [4.78, 5) is 11.3. The van der Waals surface area contributed by atoms with Gasteiger partial charge in [0.05, 0.1) is 0 Å². The number of carbonyl (C=O) groups excluding carboxylic acids is 1. The lowest BCUT2D eigenvalue weighted by atomic mass is 10.2. The molecule has 12 heavy (non-hydrogen) atoms. The maximum atomic E-state index is 10.3. The molecule has 0 radical (unpaired) electrons. The summed E-state index contributed by atoms with van der Waals surface area (Å²) in [6.45, 7) is 0. The maximum absolute atomic E-state index is 10.3. The molecule has 0 aromatic heterocycles. The predicted octanol–water partition coefficient (Wildman–Crippen LogP) is 2.59. The molecule has 0 atom stereocenters. The van der Waals surface area contributed by atoms with Gasteiger partial charge in [-0.3, -0.25) is 4.79 Å². The van der Waals surface area contributed by atoms with Crippen LogP contribution in [0.2, 0.25) is 0 Å². The highest BCUT2D eigenvalue weighted by Gasteiger charge is 1.96. The van der Waals surface area contributed by atoms with Crippen LogP contribution in [0.5, 0.6) is 0 Å². The fraction of sp³-hybridized carbons (Fsp3) is 0.100. The Balaban J connectivity index is 2.95. The summed E-state index contributed by atoms with van der Waals surface area (Å²) in [6.07, 6.45) is 4.36. The van der Waals surface area contributed by atoms with E-state index >= 15 is 0 Å². The number of hydrogen-bond donors (Lipinski definition) is 0. The van der Waals surface area contributed by atoms with Gasteiger partial charge in [0.25, 0.3) is 0 Å². The van der Waals surface area contributed by atoms with Crippen LogP contribution in [0.15, 0.2) is 36.4 Å². The highest BCUT2D eigenvalue weighted by Crippen LogP contribution is 2.23. The minimum atomic E-state index is 0.818. The van der Waals surface area contributed by atoms with Crippen molar-refractivity contribution in [1.82, 2.24) is 0 Å². The number of hydrogen-bond acceptors (Lipinski definition) is 2. The normalized spacial score (nSPS) is 11.2. The molecule has 62 valence electrons. The monoisotopic (exact) mass is 178 g/mol. The third kappa shape index (κ3) is 2.24. The largest absolute Gasteiger partial charge is 0.299 e. The second-order valence-corrected chi connectivity index (χ2v) is 3.09. The van der Waals surface area contributed by atoms with Crippen LogP contribution >= 0.6 is 11.8 Å². The van der Waals surface area contributed by atoms with Gasteiger partial charge >= 0.3 is 0 Å². The van der Waals surface area contributed by atoms with Crippen LogP contribution in [-0.2, 0) is 4.79 Å². The van der Waals surface area contributed by atoms with Crippen LogP contribution in [0.3, 0.4) is 0 Å². The summed E-state index contributed by atoms with van der Waals surface area (Å²) in [6, 6.07) is 9.87. The van der Waals surface area contributed by atoms with Gasteiger partial charge < -0.3 is 0 Å². The SMILES string of the molecule is CSC(=CC=O)c1ccccc1. The van der Waals surface area contributed by atoms with Crippen molar-refractivity contribution >= 4 is 23.0 Å². The van der Waals surface area contributed by atoms with Gasteiger partial charge in [0.15, 0.2) is 0 Å². The smallest absolute Gasteiger partial charge is 0.143 e. The number of aldehydes is 1. The Labute approximate surface area is 76.5 Å². The van der Waals surface area contributed by atoms with E-state index in [0.29, 0.717) is 0 Å². The first kappa shape index (κ1) is 9.07. The molecular formula is C10H10OS. The fourth-order valence-corrected chi connectivity index (χ4v) is 1.51. The van der Waals surface area contributed by atoms with Crippen LogP contribution in [0, 0.1) is 0 Å². The minimum Gasteiger partial charge on any atom is -0.299 e. The lowest BCUT2D eigenvalue weighted by Crippen LogP contribution is -1.78. The molecule has 1 aromatic rings. The first-order chi connectivity index (χ1) is 5.88. The number of rotatable bonds is 3. The highest BCUT2D eigenvalue weighted by molar-refractivity contribution is 8.07. The van der Waals surface area contributed by atoms with Crippen LogP contribution < -0.4 is 0 Å². The van der Waals surface area contributed by atoms with Crippen LogP contribution in [0.1, 0.15) is 5.56 Å². The molecule has 0 unspecified atom stereocenters. The van der Waals surface area contributed by atoms with E-state index in [4.69, 9.17) is 0 Å². The van der Waals surface area contributed by atoms with E-state index in [1.165, 1.54) is 0 Å². The van der Waals surface area contributed by atoms with E-state index in [1.807, 2.05) is 36.6 Å². The molecule has 1 aromatic carbocycles. The fourth-order valence-electron chi connectivity index (χ4n) is 0.946. The van der Waals surface area contributed by atoms with E-state index < -0.39 is 0 Å². The quantitative estimate of drug-likeness (QED) is 0.522. The first-order valence-electron chi connectivity index (χ1n) is 3.63. The average Bonchev–Trinajstić information content (AvgIpc) is 2.15. The van der Waals surface area contributed by atoms with Gasteiger partial charge in [0, 0.05) is 4.91 Å². The molecule has 0 fully saturated rings. The highest BCUT2D eigenvalue weighted by atomic mass is 32.2. The molecule has 0 saturated carbocycles. The van der Waals surface area contributed by atoms with E-state index in [2.05, 4.69) is 0 Å². The molecule has 0 bridgehead atoms. The van der Waals surface area contributed by atoms with Gasteiger partial charge in [0.1, 0.15) is 6.29 Å². The Morgan fingerprint density at radius 1 is 1.33 bits per heavy atom. The Morgan fingerprint density at radius 3 is 2.50 bits per heavy atom. The molecule has 0 amide bonds. The van der Waals surface area contributed by atoms with Crippen molar-refractivity contribution in [2.75, 3.05) is 6.26 Å². The van der Waals surface area contributed by atoms with Crippen LogP contribution in [0.4, 0.5) is 0 Å². The maximum Gasteiger partial charge on any atom is 0.143 e. The second kappa shape index (κ2) is 4.78. The zero-order chi connectivity index (χ0) is 8.81. The molecule has 0 aliphatic rings. The molecule has 0 heterocycles. The standard InChI is InChI=1S/C10H10OS/c1-12-10(7-8-11)9-5-3-2-4-6-9/h2-8H,1H3. The van der Waals surface area contributed by atoms with Gasteiger partial charge in [-0.25, -0.2) is 0 Å². The Hall–Kier alpha value is -1.02. The van der Waals surface area contributed by atoms with Crippen molar-refractivity contribution in [2.45, 2.75) is 0 Å². The lowest BCUT2D eigenvalue weighted by molar-refractivity contribution is -0.104. The summed E-state index contributed by atoms with van der Waals surface area (Å²) < 4.78 is 0. The number of allylic oxidation sites excluding steroid dienone is 1. The molecule has 1 rings (SSSR count). The van der Waals surface area contributed by atoms with Crippen molar-refractivity contribution in [3.63, 3.8) is 0 Å². The Kier molecular flexibility index (Phi) is 3.61. The van der Waals surface area contributed by atoms with Gasteiger partial charge in [-0.05, 0) is 17.9 Å². The lowest BCUT2D eigenvalue weighted by Gasteiger charge is -2.00. The summed E-state index contributed by atoms with van der Waals surface area (Å²) in [7, 11) is 0. The third-order valence-electron chi connectivity index (χ3n) is 1.50. The molecule has 0 aliphatic carbocycles. The van der Waals surface area contributed by atoms with E-state index in [0.717, 1.165) is 16.8 Å². The van der Waals surface area contributed by atoms with E-state index in [1.54, 1.807) is 17.8 Å². The van der Waals surface area contributed by atoms with Crippen molar-refractivity contribution < 1.29 is 4.79 Å². The number of carbonyl (C=O) groups is 1. The number of thioether (sulfide) groups is 1. The van der Waals surface area contributed by atoms with Crippen LogP contribution in [-0.4, -0.2) is 12.5 Å². The molecule has 0 saturated heterocycles. The Morgan fingerprint density at radius 2 is 2.00 bits per heavy atom. The van der Waals surface area contributed by atoms with Gasteiger partial charge in [0.2, 0.25) is 0 Å². The van der Waals surface area contributed by atoms with Gasteiger partial charge in [-0.15, -0.1) is 11.8 Å². The summed E-state index contributed by atoms with van der Waals surface area (Å²) in [5.74, 6) is 0. The van der Waals surface area contributed by atoms with Crippen LogP contribution in [0.25, 0.3) is 4.91 Å². The zero-order valence-electron chi connectivity index (χ0n) is 6.86. The van der Waals surface area contributed by atoms with E-state index in [9.17, 15) is 4.79 Å². The topological polar surface area (TPSA) is 17.1 Å². The third-order valence-corrected chi connectivity index (χ3v) is 2.31. The molecule has 2 heteroatoms. The summed E-state index contributed by atoms with van der Waals surface area (Å²) in [5.41, 5.74) is 1.09. The predicted molar refractivity (Wildman–Crippen MR) is 54.0 cm³/mol. The van der Waals surface area contributed by atoms with Gasteiger partial charge in [-0.1, -0.05) is 30.3 Å². The summed E-state index contributed by atoms with van der Waals surface area (Å²) >= 11 is 1.58. The second-order valence-electron chi connectivity index (χ2n) is 2.24. The minimum absolute atomic E-state index is 0.818. The average molecular weight is 178 g/mol. The van der Waals surface area contributed by atoms with Crippen molar-refractivity contribution in [2.24, 2.45) is 0 Å².